The Bertz CT molecular complexity index is 1530. The molecule has 0 fully saturated rings. The topological polar surface area (TPSA) is 98.0 Å². The van der Waals surface area contributed by atoms with Gasteiger partial charge in [-0.25, -0.2) is 18.5 Å². The first-order valence-electron chi connectivity index (χ1n) is 10.3. The molecule has 2 aromatic carbocycles. The lowest BCUT2D eigenvalue weighted by molar-refractivity contribution is -0.171. The molecule has 200 valence electrons. The fourth-order valence-corrected chi connectivity index (χ4v) is 3.52. The number of aromatic nitrogens is 2. The highest BCUT2D eigenvalue weighted by molar-refractivity contribution is 9.10. The number of hydrogen-bond donors (Lipinski definition) is 0. The molecule has 14 heteroatoms. The van der Waals surface area contributed by atoms with Crippen LogP contribution in [-0.2, 0) is 27.5 Å². The molecule has 38 heavy (non-hydrogen) atoms. The minimum atomic E-state index is -4.99. The van der Waals surface area contributed by atoms with Crippen LogP contribution in [0.1, 0.15) is 5.69 Å². The number of hydrogen-bond acceptors (Lipinski definition) is 7. The van der Waals surface area contributed by atoms with E-state index in [-0.39, 0.29) is 43.5 Å². The molecule has 0 amide bonds. The Morgan fingerprint density at radius 2 is 1.79 bits per heavy atom. The second-order valence-corrected chi connectivity index (χ2v) is 8.18. The lowest BCUT2D eigenvalue weighted by Gasteiger charge is -2.19. The fourth-order valence-electron chi connectivity index (χ4n) is 3.13. The summed E-state index contributed by atoms with van der Waals surface area (Å²) < 4.78 is 75.8. The summed E-state index contributed by atoms with van der Waals surface area (Å²) in [6, 6.07) is 7.86. The molecule has 1 aromatic heterocycles. The number of carbonyl (C=O) groups is 1. The summed E-state index contributed by atoms with van der Waals surface area (Å²) in [6.45, 7) is -0.325. The van der Waals surface area contributed by atoms with E-state index in [4.69, 9.17) is 25.4 Å². The van der Waals surface area contributed by atoms with Crippen molar-refractivity contribution in [3.8, 4) is 35.3 Å². The van der Waals surface area contributed by atoms with E-state index in [9.17, 15) is 31.9 Å². The standard InChI is InChI=1S/C24H17BrF4N2O7/c1-4-9-36-21(33)22(35-3)38-17-8-6-5-7-16(17)37-18-11-15(14(26)10-13(18)25)31-20(32)12-19(24(27,28)29)30(2)23(31)34/h1,5-8,10-12,22H,9H2,2-3H3/t22-/m0/s1. The van der Waals surface area contributed by atoms with Gasteiger partial charge in [0.2, 0.25) is 0 Å². The summed E-state index contributed by atoms with van der Waals surface area (Å²) in [5.41, 5.74) is -5.02. The summed E-state index contributed by atoms with van der Waals surface area (Å²) >= 11 is 3.10. The number of nitrogens with zero attached hydrogens (tertiary/aromatic N) is 2. The van der Waals surface area contributed by atoms with Gasteiger partial charge in [-0.1, -0.05) is 18.1 Å². The zero-order valence-electron chi connectivity index (χ0n) is 19.5. The monoisotopic (exact) mass is 600 g/mol. The maximum Gasteiger partial charge on any atom is 0.431 e. The molecule has 0 N–H and O–H groups in total. The van der Waals surface area contributed by atoms with Crippen LogP contribution in [0.3, 0.4) is 0 Å². The summed E-state index contributed by atoms with van der Waals surface area (Å²) in [6.07, 6.45) is -1.46. The number of esters is 1. The van der Waals surface area contributed by atoms with E-state index in [1.165, 1.54) is 31.4 Å². The smallest absolute Gasteiger partial charge is 0.431 e. The van der Waals surface area contributed by atoms with Crippen LogP contribution in [-0.4, -0.2) is 35.1 Å². The highest BCUT2D eigenvalue weighted by atomic mass is 79.9. The van der Waals surface area contributed by atoms with Crippen LogP contribution in [0.15, 0.2) is 56.5 Å². The van der Waals surface area contributed by atoms with E-state index in [1.54, 1.807) is 0 Å². The van der Waals surface area contributed by atoms with Crippen molar-refractivity contribution in [1.29, 1.82) is 0 Å². The normalized spacial score (nSPS) is 11.9. The van der Waals surface area contributed by atoms with Crippen molar-refractivity contribution >= 4 is 21.9 Å². The SMILES string of the molecule is C#CCOC(=O)[C@@H](OC)Oc1ccccc1Oc1cc(-n2c(=O)cc(C(F)(F)F)n(C)c2=O)c(F)cc1Br. The van der Waals surface area contributed by atoms with Crippen molar-refractivity contribution < 1.29 is 41.3 Å². The number of ether oxygens (including phenoxy) is 4. The van der Waals surface area contributed by atoms with Crippen LogP contribution >= 0.6 is 15.9 Å². The second-order valence-electron chi connectivity index (χ2n) is 7.32. The van der Waals surface area contributed by atoms with Crippen molar-refractivity contribution in [1.82, 2.24) is 9.13 Å². The molecule has 0 spiro atoms. The Morgan fingerprint density at radius 1 is 1.13 bits per heavy atom. The first-order valence-corrected chi connectivity index (χ1v) is 11.1. The number of carbonyl (C=O) groups excluding carboxylic acids is 1. The molecule has 1 heterocycles. The third-order valence-corrected chi connectivity index (χ3v) is 5.48. The van der Waals surface area contributed by atoms with E-state index < -0.39 is 46.9 Å². The van der Waals surface area contributed by atoms with E-state index >= 15 is 0 Å². The van der Waals surface area contributed by atoms with Crippen LogP contribution in [0, 0.1) is 18.2 Å². The Morgan fingerprint density at radius 3 is 2.39 bits per heavy atom. The zero-order valence-corrected chi connectivity index (χ0v) is 21.1. The molecule has 0 radical (unpaired) electrons. The number of halogens is 5. The lowest BCUT2D eigenvalue weighted by Crippen LogP contribution is -2.41. The second kappa shape index (κ2) is 11.5. The van der Waals surface area contributed by atoms with Gasteiger partial charge in [0.1, 0.15) is 17.3 Å². The summed E-state index contributed by atoms with van der Waals surface area (Å²) in [5, 5.41) is 0. The Labute approximate surface area is 220 Å². The van der Waals surface area contributed by atoms with Gasteiger partial charge in [-0.2, -0.15) is 13.2 Å². The van der Waals surface area contributed by atoms with Crippen molar-refractivity contribution in [3.63, 3.8) is 0 Å². The van der Waals surface area contributed by atoms with Crippen molar-refractivity contribution in [2.45, 2.75) is 12.5 Å². The average Bonchev–Trinajstić information content (AvgIpc) is 2.86. The molecule has 0 saturated carbocycles. The molecule has 9 nitrogen and oxygen atoms in total. The van der Waals surface area contributed by atoms with E-state index in [2.05, 4.69) is 21.9 Å². The van der Waals surface area contributed by atoms with Gasteiger partial charge in [0.25, 0.3) is 11.8 Å². The number of terminal acetylenes is 1. The Hall–Kier alpha value is -4.09. The lowest BCUT2D eigenvalue weighted by atomic mass is 10.2. The minimum absolute atomic E-state index is 0.0158. The Kier molecular flexibility index (Phi) is 8.64. The van der Waals surface area contributed by atoms with Crippen molar-refractivity contribution in [3.05, 3.63) is 79.3 Å². The van der Waals surface area contributed by atoms with Gasteiger partial charge in [0.15, 0.2) is 18.1 Å². The van der Waals surface area contributed by atoms with Gasteiger partial charge in [-0.3, -0.25) is 9.36 Å². The fraction of sp³-hybridized carbons (Fsp3) is 0.208. The van der Waals surface area contributed by atoms with Gasteiger partial charge < -0.3 is 18.9 Å². The number of benzene rings is 2. The number of alkyl halides is 3. The molecule has 0 bridgehead atoms. The summed E-state index contributed by atoms with van der Waals surface area (Å²) in [4.78, 5) is 37.2. The van der Waals surface area contributed by atoms with Crippen molar-refractivity contribution in [2.75, 3.05) is 13.7 Å². The first kappa shape index (κ1) is 28.5. The first-order chi connectivity index (χ1) is 17.9. The molecule has 3 aromatic rings. The molecule has 0 aliphatic heterocycles. The van der Waals surface area contributed by atoms with Gasteiger partial charge in [0.05, 0.1) is 10.2 Å². The zero-order chi connectivity index (χ0) is 28.2. The average molecular weight is 601 g/mol. The van der Waals surface area contributed by atoms with Crippen LogP contribution in [0.2, 0.25) is 0 Å². The summed E-state index contributed by atoms with van der Waals surface area (Å²) in [7, 11) is 1.97. The van der Waals surface area contributed by atoms with E-state index in [0.29, 0.717) is 0 Å². The number of rotatable bonds is 8. The third-order valence-electron chi connectivity index (χ3n) is 4.86. The molecular weight excluding hydrogens is 584 g/mol. The maximum absolute atomic E-state index is 14.8. The van der Waals surface area contributed by atoms with Gasteiger partial charge >= 0.3 is 17.8 Å². The number of para-hydroxylation sites is 2. The highest BCUT2D eigenvalue weighted by Gasteiger charge is 2.35. The van der Waals surface area contributed by atoms with E-state index in [1.807, 2.05) is 0 Å². The molecule has 0 aliphatic carbocycles. The van der Waals surface area contributed by atoms with Crippen LogP contribution in [0.4, 0.5) is 17.6 Å². The van der Waals surface area contributed by atoms with Gasteiger partial charge in [-0.15, -0.1) is 6.42 Å². The minimum Gasteiger partial charge on any atom is -0.452 e. The molecule has 0 unspecified atom stereocenters. The number of methoxy groups -OCH3 is 1. The van der Waals surface area contributed by atoms with Crippen LogP contribution < -0.4 is 20.7 Å². The molecule has 0 saturated heterocycles. The quantitative estimate of drug-likeness (QED) is 0.168. The maximum atomic E-state index is 14.8. The molecule has 0 aliphatic rings. The third kappa shape index (κ3) is 6.06. The predicted octanol–water partition coefficient (Wildman–Crippen LogP) is 3.78. The molecule has 3 rings (SSSR count). The van der Waals surface area contributed by atoms with Crippen LogP contribution in [0.5, 0.6) is 17.2 Å². The van der Waals surface area contributed by atoms with Gasteiger partial charge in [-0.05, 0) is 34.1 Å². The Balaban J connectivity index is 2.04. The van der Waals surface area contributed by atoms with Crippen LogP contribution in [0.25, 0.3) is 5.69 Å². The van der Waals surface area contributed by atoms with Crippen molar-refractivity contribution in [2.24, 2.45) is 7.05 Å². The molecular formula is C24H17BrF4N2O7. The van der Waals surface area contributed by atoms with Gasteiger partial charge in [0, 0.05) is 26.3 Å². The largest absolute Gasteiger partial charge is 0.452 e. The predicted molar refractivity (Wildman–Crippen MR) is 128 cm³/mol. The molecule has 1 atom stereocenters. The van der Waals surface area contributed by atoms with E-state index in [0.717, 1.165) is 19.2 Å². The highest BCUT2D eigenvalue weighted by Crippen LogP contribution is 2.37. The summed E-state index contributed by atoms with van der Waals surface area (Å²) in [5.74, 6) is -0.128.